The molecule has 3 rings (SSSR count). The van der Waals surface area contributed by atoms with Gasteiger partial charge in [-0.3, -0.25) is 4.79 Å². The van der Waals surface area contributed by atoms with E-state index in [2.05, 4.69) is 11.4 Å². The molecule has 1 atom stereocenters. The molecule has 0 saturated carbocycles. The number of hydrogen-bond donors (Lipinski definition) is 1. The number of thioether (sulfide) groups is 1. The topological polar surface area (TPSA) is 66.5 Å². The maximum atomic E-state index is 12.8. The first kappa shape index (κ1) is 18.7. The summed E-state index contributed by atoms with van der Waals surface area (Å²) < 4.78 is 26.3. The molecule has 0 radical (unpaired) electrons. The highest BCUT2D eigenvalue weighted by Gasteiger charge is 2.38. The minimum absolute atomic E-state index is 0.0267. The second kappa shape index (κ2) is 7.68. The van der Waals surface area contributed by atoms with Crippen molar-refractivity contribution in [2.24, 2.45) is 0 Å². The van der Waals surface area contributed by atoms with E-state index in [4.69, 9.17) is 0 Å². The van der Waals surface area contributed by atoms with Gasteiger partial charge < -0.3 is 5.32 Å². The molecule has 0 spiro atoms. The van der Waals surface area contributed by atoms with Crippen LogP contribution in [0.3, 0.4) is 0 Å². The van der Waals surface area contributed by atoms with Crippen LogP contribution in [0.2, 0.25) is 0 Å². The number of carbonyl (C=O) groups is 1. The third kappa shape index (κ3) is 4.04. The lowest BCUT2D eigenvalue weighted by Crippen LogP contribution is -2.47. The molecule has 1 heterocycles. The monoisotopic (exact) mass is 382 g/mol. The van der Waals surface area contributed by atoms with Crippen molar-refractivity contribution in [2.75, 3.05) is 36.9 Å². The molecule has 1 aromatic carbocycles. The zero-order valence-corrected chi connectivity index (χ0v) is 16.3. The summed E-state index contributed by atoms with van der Waals surface area (Å²) in [6.07, 6.45) is 2.77. The molecular weight excluding hydrogens is 356 g/mol. The van der Waals surface area contributed by atoms with Crippen LogP contribution in [0.15, 0.2) is 24.3 Å². The number of sulfonamides is 1. The molecular formula is C18H26N2O3S2. The maximum Gasteiger partial charge on any atom is 0.230 e. The van der Waals surface area contributed by atoms with Crippen LogP contribution in [0.4, 0.5) is 0 Å². The predicted octanol–water partition coefficient (Wildman–Crippen LogP) is 1.78. The molecule has 0 bridgehead atoms. The summed E-state index contributed by atoms with van der Waals surface area (Å²) in [4.78, 5) is 12.8. The van der Waals surface area contributed by atoms with Gasteiger partial charge in [0.1, 0.15) is 0 Å². The molecule has 1 aliphatic carbocycles. The fraction of sp³-hybridized carbons (Fsp3) is 0.611. The van der Waals surface area contributed by atoms with Crippen molar-refractivity contribution in [2.45, 2.75) is 31.6 Å². The van der Waals surface area contributed by atoms with Gasteiger partial charge in [-0.25, -0.2) is 12.7 Å². The van der Waals surface area contributed by atoms with E-state index in [-0.39, 0.29) is 18.2 Å². The van der Waals surface area contributed by atoms with Gasteiger partial charge in [-0.05, 0) is 37.3 Å². The van der Waals surface area contributed by atoms with Gasteiger partial charge >= 0.3 is 0 Å². The molecule has 2 aliphatic rings. The van der Waals surface area contributed by atoms with Crippen LogP contribution in [0.25, 0.3) is 0 Å². The standard InChI is InChI=1S/C18H26N2O3S2/c1-18(8-4-6-15-5-2-3-7-16(15)18)17(21)19-9-14-25(22,23)20-10-12-24-13-11-20/h2-3,5,7H,4,6,8-14H2,1H3,(H,19,21)/t18-/m0/s1. The Morgan fingerprint density at radius 2 is 2.00 bits per heavy atom. The highest BCUT2D eigenvalue weighted by atomic mass is 32.2. The number of amides is 1. The van der Waals surface area contributed by atoms with E-state index >= 15 is 0 Å². The van der Waals surface area contributed by atoms with Gasteiger partial charge in [0.15, 0.2) is 0 Å². The van der Waals surface area contributed by atoms with Crippen LogP contribution in [-0.2, 0) is 26.7 Å². The second-order valence-corrected chi connectivity index (χ2v) is 10.2. The Kier molecular flexibility index (Phi) is 5.75. The summed E-state index contributed by atoms with van der Waals surface area (Å²) in [5.41, 5.74) is 1.74. The Morgan fingerprint density at radius 3 is 2.76 bits per heavy atom. The predicted molar refractivity (Wildman–Crippen MR) is 102 cm³/mol. The maximum absolute atomic E-state index is 12.8. The lowest BCUT2D eigenvalue weighted by Gasteiger charge is -2.34. The van der Waals surface area contributed by atoms with Crippen LogP contribution < -0.4 is 5.32 Å². The average Bonchev–Trinajstić information content (AvgIpc) is 2.62. The molecule has 1 fully saturated rings. The molecule has 1 amide bonds. The Hall–Kier alpha value is -1.05. The lowest BCUT2D eigenvalue weighted by atomic mass is 9.70. The number of carbonyl (C=O) groups excluding carboxylic acids is 1. The quantitative estimate of drug-likeness (QED) is 0.843. The van der Waals surface area contributed by atoms with Gasteiger partial charge in [-0.1, -0.05) is 24.3 Å². The lowest BCUT2D eigenvalue weighted by molar-refractivity contribution is -0.126. The van der Waals surface area contributed by atoms with E-state index in [0.717, 1.165) is 36.3 Å². The number of rotatable bonds is 5. The van der Waals surface area contributed by atoms with E-state index in [1.54, 1.807) is 16.1 Å². The Morgan fingerprint density at radius 1 is 1.28 bits per heavy atom. The zero-order valence-electron chi connectivity index (χ0n) is 14.7. The van der Waals surface area contributed by atoms with Crippen molar-refractivity contribution in [3.8, 4) is 0 Å². The highest BCUT2D eigenvalue weighted by molar-refractivity contribution is 7.99. The minimum Gasteiger partial charge on any atom is -0.354 e. The minimum atomic E-state index is -3.28. The summed E-state index contributed by atoms with van der Waals surface area (Å²) >= 11 is 1.78. The highest BCUT2D eigenvalue weighted by Crippen LogP contribution is 2.37. The molecule has 1 aliphatic heterocycles. The number of nitrogens with one attached hydrogen (secondary N) is 1. The van der Waals surface area contributed by atoms with Gasteiger partial charge in [0, 0.05) is 31.1 Å². The van der Waals surface area contributed by atoms with Crippen LogP contribution in [0.1, 0.15) is 30.9 Å². The van der Waals surface area contributed by atoms with E-state index < -0.39 is 15.4 Å². The van der Waals surface area contributed by atoms with Gasteiger partial charge in [0.2, 0.25) is 15.9 Å². The SMILES string of the molecule is C[C@]1(C(=O)NCCS(=O)(=O)N2CCSCC2)CCCc2ccccc21. The zero-order chi connectivity index (χ0) is 17.9. The van der Waals surface area contributed by atoms with Crippen molar-refractivity contribution in [1.29, 1.82) is 0 Å². The number of fused-ring (bicyclic) bond motifs is 1. The van der Waals surface area contributed by atoms with Gasteiger partial charge in [-0.2, -0.15) is 11.8 Å². The van der Waals surface area contributed by atoms with Crippen LogP contribution in [0, 0.1) is 0 Å². The van der Waals surface area contributed by atoms with Crippen molar-refractivity contribution in [1.82, 2.24) is 9.62 Å². The van der Waals surface area contributed by atoms with Crippen molar-refractivity contribution < 1.29 is 13.2 Å². The smallest absolute Gasteiger partial charge is 0.230 e. The molecule has 1 saturated heterocycles. The Labute approximate surface area is 154 Å². The van der Waals surface area contributed by atoms with Crippen LogP contribution >= 0.6 is 11.8 Å². The normalized spacial score (nSPS) is 24.5. The number of aryl methyl sites for hydroxylation is 1. The largest absolute Gasteiger partial charge is 0.354 e. The molecule has 25 heavy (non-hydrogen) atoms. The molecule has 0 aromatic heterocycles. The number of nitrogens with zero attached hydrogens (tertiary/aromatic N) is 1. The summed E-state index contributed by atoms with van der Waals surface area (Å²) in [6, 6.07) is 8.08. The molecule has 7 heteroatoms. The summed E-state index contributed by atoms with van der Waals surface area (Å²) in [6.45, 7) is 3.29. The second-order valence-electron chi connectivity index (χ2n) is 6.93. The first-order valence-electron chi connectivity index (χ1n) is 8.86. The van der Waals surface area contributed by atoms with E-state index in [1.165, 1.54) is 5.56 Å². The molecule has 5 nitrogen and oxygen atoms in total. The first-order valence-corrected chi connectivity index (χ1v) is 11.6. The van der Waals surface area contributed by atoms with E-state index in [1.807, 2.05) is 25.1 Å². The summed E-state index contributed by atoms with van der Waals surface area (Å²) in [7, 11) is -3.28. The van der Waals surface area contributed by atoms with Crippen molar-refractivity contribution in [3.63, 3.8) is 0 Å². The summed E-state index contributed by atoms with van der Waals surface area (Å²) in [5, 5.41) is 2.88. The average molecular weight is 383 g/mol. The number of benzene rings is 1. The molecule has 0 unspecified atom stereocenters. The van der Waals surface area contributed by atoms with Gasteiger partial charge in [0.25, 0.3) is 0 Å². The van der Waals surface area contributed by atoms with Crippen molar-refractivity contribution >= 4 is 27.7 Å². The van der Waals surface area contributed by atoms with Gasteiger partial charge in [-0.15, -0.1) is 0 Å². The third-order valence-electron chi connectivity index (χ3n) is 5.24. The third-order valence-corrected chi connectivity index (χ3v) is 8.06. The Balaban J connectivity index is 1.61. The van der Waals surface area contributed by atoms with Crippen LogP contribution in [0.5, 0.6) is 0 Å². The fourth-order valence-corrected chi connectivity index (χ4v) is 6.21. The first-order chi connectivity index (χ1) is 11.9. The van der Waals surface area contributed by atoms with Gasteiger partial charge in [0.05, 0.1) is 11.2 Å². The van der Waals surface area contributed by atoms with Crippen LogP contribution in [-0.4, -0.2) is 55.5 Å². The van der Waals surface area contributed by atoms with Crippen molar-refractivity contribution in [3.05, 3.63) is 35.4 Å². The number of hydrogen-bond acceptors (Lipinski definition) is 4. The molecule has 1 aromatic rings. The fourth-order valence-electron chi connectivity index (χ4n) is 3.72. The Bertz CT molecular complexity index is 730. The molecule has 138 valence electrons. The molecule has 1 N–H and O–H groups in total. The van der Waals surface area contributed by atoms with E-state index in [9.17, 15) is 13.2 Å². The van der Waals surface area contributed by atoms with E-state index in [0.29, 0.717) is 13.1 Å². The summed E-state index contributed by atoms with van der Waals surface area (Å²) in [5.74, 6) is 1.60.